The van der Waals surface area contributed by atoms with Crippen molar-refractivity contribution in [3.8, 4) is 0 Å². The number of halogens is 3. The normalized spacial score (nSPS) is 27.6. The second kappa shape index (κ2) is 6.36. The van der Waals surface area contributed by atoms with Gasteiger partial charge in [-0.25, -0.2) is 4.39 Å². The Morgan fingerprint density at radius 2 is 2.05 bits per heavy atom. The van der Waals surface area contributed by atoms with Gasteiger partial charge in [0.2, 0.25) is 0 Å². The summed E-state index contributed by atoms with van der Waals surface area (Å²) >= 11 is 10.1. The van der Waals surface area contributed by atoms with Crippen molar-refractivity contribution in [3.05, 3.63) is 34.6 Å². The molecule has 3 unspecified atom stereocenters. The zero-order chi connectivity index (χ0) is 14.9. The van der Waals surface area contributed by atoms with E-state index >= 15 is 0 Å². The van der Waals surface area contributed by atoms with Crippen LogP contribution in [0.1, 0.15) is 45.6 Å². The Bertz CT molecular complexity index is 472. The van der Waals surface area contributed by atoms with E-state index in [4.69, 9.17) is 11.6 Å². The predicted octanol–water partition coefficient (Wildman–Crippen LogP) is 6.25. The highest BCUT2D eigenvalue weighted by Gasteiger charge is 2.38. The molecule has 1 aliphatic carbocycles. The summed E-state index contributed by atoms with van der Waals surface area (Å²) in [6.45, 7) is 6.94. The second-order valence-corrected chi connectivity index (χ2v) is 8.53. The lowest BCUT2D eigenvalue weighted by Crippen LogP contribution is -2.37. The molecule has 1 aromatic carbocycles. The van der Waals surface area contributed by atoms with E-state index in [1.165, 1.54) is 31.4 Å². The first-order valence-electron chi connectivity index (χ1n) is 7.37. The van der Waals surface area contributed by atoms with E-state index in [-0.39, 0.29) is 11.2 Å². The number of hydrogen-bond acceptors (Lipinski definition) is 0. The van der Waals surface area contributed by atoms with E-state index in [1.54, 1.807) is 0 Å². The fraction of sp³-hybridized carbons (Fsp3) is 0.647. The first-order valence-corrected chi connectivity index (χ1v) is 8.67. The monoisotopic (exact) mass is 360 g/mol. The van der Waals surface area contributed by atoms with Crippen molar-refractivity contribution in [2.75, 3.05) is 0 Å². The van der Waals surface area contributed by atoms with E-state index in [9.17, 15) is 4.39 Å². The van der Waals surface area contributed by atoms with Gasteiger partial charge in [0.1, 0.15) is 5.82 Å². The maximum atomic E-state index is 13.1. The molecule has 0 nitrogen and oxygen atoms in total. The van der Waals surface area contributed by atoms with Gasteiger partial charge in [-0.1, -0.05) is 60.8 Å². The van der Waals surface area contributed by atoms with Crippen molar-refractivity contribution < 1.29 is 4.39 Å². The minimum Gasteiger partial charge on any atom is -0.207 e. The Morgan fingerprint density at radius 1 is 1.35 bits per heavy atom. The Kier molecular flexibility index (Phi) is 5.18. The average Bonchev–Trinajstić information content (AvgIpc) is 2.32. The topological polar surface area (TPSA) is 0 Å². The van der Waals surface area contributed by atoms with E-state index in [1.807, 2.05) is 6.07 Å². The average molecular weight is 362 g/mol. The molecule has 0 aromatic heterocycles. The summed E-state index contributed by atoms with van der Waals surface area (Å²) in [5.74, 6) is 1.18. The van der Waals surface area contributed by atoms with Crippen LogP contribution in [0.25, 0.3) is 0 Å². The third-order valence-electron chi connectivity index (χ3n) is 4.70. The standard InChI is InChI=1S/C17H23BrClF/c1-11-4-7-14(15(18)8-11)17(2,3)10-12-5-6-13(20)9-16(12)19/h5-6,9,11,14-15H,4,7-8,10H2,1-3H3. The van der Waals surface area contributed by atoms with Gasteiger partial charge in [0.25, 0.3) is 0 Å². The quantitative estimate of drug-likeness (QED) is 0.558. The third-order valence-corrected chi connectivity index (χ3v) is 6.06. The van der Waals surface area contributed by atoms with Crippen LogP contribution in [0.5, 0.6) is 0 Å². The fourth-order valence-electron chi connectivity index (χ4n) is 3.48. The lowest BCUT2D eigenvalue weighted by atomic mass is 9.66. The van der Waals surface area contributed by atoms with Gasteiger partial charge in [-0.15, -0.1) is 0 Å². The first kappa shape index (κ1) is 16.3. The maximum absolute atomic E-state index is 13.1. The molecule has 1 fully saturated rings. The molecule has 0 N–H and O–H groups in total. The maximum Gasteiger partial charge on any atom is 0.124 e. The molecule has 1 aromatic rings. The van der Waals surface area contributed by atoms with Gasteiger partial charge in [0.05, 0.1) is 0 Å². The predicted molar refractivity (Wildman–Crippen MR) is 88.1 cm³/mol. The minimum absolute atomic E-state index is 0.162. The lowest BCUT2D eigenvalue weighted by molar-refractivity contribution is 0.147. The molecule has 1 aliphatic rings. The molecule has 112 valence electrons. The molecule has 1 saturated carbocycles. The van der Waals surface area contributed by atoms with Crippen LogP contribution in [-0.2, 0) is 6.42 Å². The van der Waals surface area contributed by atoms with E-state index in [0.717, 1.165) is 17.9 Å². The van der Waals surface area contributed by atoms with Crippen LogP contribution in [-0.4, -0.2) is 4.83 Å². The van der Waals surface area contributed by atoms with Crippen molar-refractivity contribution in [2.45, 2.75) is 51.3 Å². The van der Waals surface area contributed by atoms with Crippen LogP contribution in [0, 0.1) is 23.1 Å². The SMILES string of the molecule is CC1CCC(C(C)(C)Cc2ccc(F)cc2Cl)C(Br)C1. The molecule has 0 spiro atoms. The highest BCUT2D eigenvalue weighted by atomic mass is 79.9. The number of alkyl halides is 1. The van der Waals surface area contributed by atoms with Crippen LogP contribution in [0.15, 0.2) is 18.2 Å². The van der Waals surface area contributed by atoms with Crippen LogP contribution in [0.4, 0.5) is 4.39 Å². The molecule has 3 atom stereocenters. The smallest absolute Gasteiger partial charge is 0.124 e. The molecule has 0 heterocycles. The largest absolute Gasteiger partial charge is 0.207 e. The summed E-state index contributed by atoms with van der Waals surface area (Å²) in [5, 5.41) is 0.549. The van der Waals surface area contributed by atoms with Gasteiger partial charge < -0.3 is 0 Å². The molecular formula is C17H23BrClF. The van der Waals surface area contributed by atoms with Crippen molar-refractivity contribution in [3.63, 3.8) is 0 Å². The van der Waals surface area contributed by atoms with Gasteiger partial charge in [-0.2, -0.15) is 0 Å². The van der Waals surface area contributed by atoms with E-state index in [0.29, 0.717) is 15.8 Å². The van der Waals surface area contributed by atoms with Crippen LogP contribution >= 0.6 is 27.5 Å². The number of rotatable bonds is 3. The van der Waals surface area contributed by atoms with Crippen molar-refractivity contribution in [1.82, 2.24) is 0 Å². The molecule has 20 heavy (non-hydrogen) atoms. The Labute approximate surface area is 135 Å². The lowest BCUT2D eigenvalue weighted by Gasteiger charge is -2.42. The van der Waals surface area contributed by atoms with Crippen molar-refractivity contribution in [2.24, 2.45) is 17.3 Å². The molecular weight excluding hydrogens is 339 g/mol. The first-order chi connectivity index (χ1) is 9.29. The molecule has 0 bridgehead atoms. The fourth-order valence-corrected chi connectivity index (χ4v) is 5.33. The van der Waals surface area contributed by atoms with Crippen LogP contribution in [0.2, 0.25) is 5.02 Å². The number of hydrogen-bond donors (Lipinski definition) is 0. The highest BCUT2D eigenvalue weighted by molar-refractivity contribution is 9.09. The Balaban J connectivity index is 2.14. The van der Waals surface area contributed by atoms with Gasteiger partial charge in [-0.3, -0.25) is 0 Å². The summed E-state index contributed by atoms with van der Waals surface area (Å²) < 4.78 is 13.1. The zero-order valence-electron chi connectivity index (χ0n) is 12.4. The Morgan fingerprint density at radius 3 is 2.65 bits per heavy atom. The molecule has 0 radical (unpaired) electrons. The van der Waals surface area contributed by atoms with Gasteiger partial charge in [0, 0.05) is 9.85 Å². The van der Waals surface area contributed by atoms with Crippen LogP contribution in [0.3, 0.4) is 0 Å². The summed E-state index contributed by atoms with van der Waals surface area (Å²) in [7, 11) is 0. The zero-order valence-corrected chi connectivity index (χ0v) is 14.8. The summed E-state index contributed by atoms with van der Waals surface area (Å²) in [6.07, 6.45) is 4.69. The third kappa shape index (κ3) is 3.76. The minimum atomic E-state index is -0.263. The highest BCUT2D eigenvalue weighted by Crippen LogP contribution is 2.45. The number of benzene rings is 1. The van der Waals surface area contributed by atoms with E-state index in [2.05, 4.69) is 36.7 Å². The van der Waals surface area contributed by atoms with Gasteiger partial charge >= 0.3 is 0 Å². The summed E-state index contributed by atoms with van der Waals surface area (Å²) in [5.41, 5.74) is 1.21. The van der Waals surface area contributed by atoms with Gasteiger partial charge in [0.15, 0.2) is 0 Å². The Hall–Kier alpha value is -0.0800. The molecule has 3 heteroatoms. The van der Waals surface area contributed by atoms with Gasteiger partial charge in [-0.05, 0) is 54.2 Å². The molecule has 0 aliphatic heterocycles. The van der Waals surface area contributed by atoms with Crippen molar-refractivity contribution in [1.29, 1.82) is 0 Å². The summed E-state index contributed by atoms with van der Waals surface area (Å²) in [4.78, 5) is 0.570. The molecule has 0 saturated heterocycles. The summed E-state index contributed by atoms with van der Waals surface area (Å²) in [6, 6.07) is 4.75. The van der Waals surface area contributed by atoms with Crippen molar-refractivity contribution >= 4 is 27.5 Å². The van der Waals surface area contributed by atoms with Crippen LogP contribution < -0.4 is 0 Å². The molecule has 2 rings (SSSR count). The molecule has 0 amide bonds. The second-order valence-electron chi connectivity index (χ2n) is 6.94. The van der Waals surface area contributed by atoms with E-state index < -0.39 is 0 Å².